The number of likely N-dealkylation sites (tertiary alicyclic amines) is 1. The number of piperidine rings is 1. The molecule has 2 aromatic rings. The van der Waals surface area contributed by atoms with Crippen molar-refractivity contribution in [3.05, 3.63) is 28.9 Å². The van der Waals surface area contributed by atoms with Gasteiger partial charge in [-0.25, -0.2) is 0 Å². The highest BCUT2D eigenvalue weighted by molar-refractivity contribution is 7.15. The van der Waals surface area contributed by atoms with Gasteiger partial charge >= 0.3 is 0 Å². The van der Waals surface area contributed by atoms with Gasteiger partial charge < -0.3 is 4.74 Å². The second-order valence-corrected chi connectivity index (χ2v) is 7.00. The Morgan fingerprint density at radius 2 is 2.33 bits per heavy atom. The Hall–Kier alpha value is -1.17. The third-order valence-corrected chi connectivity index (χ3v) is 5.38. The molecule has 4 nitrogen and oxygen atoms in total. The molecule has 114 valence electrons. The Balaban J connectivity index is 1.72. The predicted octanol–water partition coefficient (Wildman–Crippen LogP) is 3.07. The molecular formula is C16H23N3OS. The van der Waals surface area contributed by atoms with Gasteiger partial charge in [-0.15, -0.1) is 11.3 Å². The van der Waals surface area contributed by atoms with E-state index >= 15 is 0 Å². The molecule has 1 unspecified atom stereocenters. The Morgan fingerprint density at radius 3 is 3.05 bits per heavy atom. The van der Waals surface area contributed by atoms with Gasteiger partial charge in [0.25, 0.3) is 0 Å². The minimum atomic E-state index is 0.401. The first-order chi connectivity index (χ1) is 10.2. The first-order valence-electron chi connectivity index (χ1n) is 7.49. The molecule has 21 heavy (non-hydrogen) atoms. The van der Waals surface area contributed by atoms with E-state index in [4.69, 9.17) is 4.74 Å². The lowest BCUT2D eigenvalue weighted by Crippen LogP contribution is -2.38. The van der Waals surface area contributed by atoms with E-state index in [9.17, 15) is 0 Å². The molecule has 0 radical (unpaired) electrons. The van der Waals surface area contributed by atoms with Gasteiger partial charge in [0.15, 0.2) is 0 Å². The second-order valence-electron chi connectivity index (χ2n) is 5.86. The van der Waals surface area contributed by atoms with E-state index in [1.54, 1.807) is 0 Å². The average Bonchev–Trinajstić information content (AvgIpc) is 3.05. The number of ether oxygens (including phenoxy) is 1. The molecule has 0 amide bonds. The quantitative estimate of drug-likeness (QED) is 0.869. The van der Waals surface area contributed by atoms with Crippen molar-refractivity contribution in [2.75, 3.05) is 20.2 Å². The van der Waals surface area contributed by atoms with Crippen LogP contribution >= 0.6 is 11.3 Å². The SMILES string of the molecule is COC1CCCN(Cc2cc(C)c(-c3cnn(C)c3)s2)C1. The second kappa shape index (κ2) is 6.30. The smallest absolute Gasteiger partial charge is 0.0698 e. The van der Waals surface area contributed by atoms with E-state index in [1.807, 2.05) is 36.4 Å². The molecule has 1 aliphatic rings. The number of nitrogens with zero attached hydrogens (tertiary/aromatic N) is 3. The Labute approximate surface area is 130 Å². The predicted molar refractivity (Wildman–Crippen MR) is 86.6 cm³/mol. The van der Waals surface area contributed by atoms with Gasteiger partial charge in [0.1, 0.15) is 0 Å². The number of aryl methyl sites for hydroxylation is 2. The van der Waals surface area contributed by atoms with Crippen molar-refractivity contribution in [1.29, 1.82) is 0 Å². The van der Waals surface area contributed by atoms with E-state index in [2.05, 4.69) is 29.2 Å². The third kappa shape index (κ3) is 3.36. The van der Waals surface area contributed by atoms with Crippen LogP contribution in [-0.2, 0) is 18.3 Å². The summed E-state index contributed by atoms with van der Waals surface area (Å²) in [6, 6.07) is 2.32. The van der Waals surface area contributed by atoms with Crippen LogP contribution in [0.5, 0.6) is 0 Å². The van der Waals surface area contributed by atoms with Crippen molar-refractivity contribution >= 4 is 11.3 Å². The summed E-state index contributed by atoms with van der Waals surface area (Å²) in [5.41, 5.74) is 2.57. The van der Waals surface area contributed by atoms with E-state index in [0.29, 0.717) is 6.10 Å². The van der Waals surface area contributed by atoms with Gasteiger partial charge in [-0.05, 0) is 37.9 Å². The molecule has 1 aliphatic heterocycles. The zero-order valence-corrected chi connectivity index (χ0v) is 13.8. The molecular weight excluding hydrogens is 282 g/mol. The van der Waals surface area contributed by atoms with E-state index in [1.165, 1.54) is 40.3 Å². The van der Waals surface area contributed by atoms with E-state index < -0.39 is 0 Å². The molecule has 5 heteroatoms. The topological polar surface area (TPSA) is 30.3 Å². The normalized spacial score (nSPS) is 20.0. The van der Waals surface area contributed by atoms with Crippen LogP contribution in [0, 0.1) is 6.92 Å². The average molecular weight is 305 g/mol. The molecule has 0 saturated carbocycles. The first-order valence-corrected chi connectivity index (χ1v) is 8.31. The van der Waals surface area contributed by atoms with Gasteiger partial charge in [-0.1, -0.05) is 0 Å². The Kier molecular flexibility index (Phi) is 4.42. The first kappa shape index (κ1) is 14.8. The Bertz CT molecular complexity index is 604. The number of hydrogen-bond acceptors (Lipinski definition) is 4. The molecule has 0 spiro atoms. The van der Waals surface area contributed by atoms with Crippen LogP contribution in [0.3, 0.4) is 0 Å². The summed E-state index contributed by atoms with van der Waals surface area (Å²) in [4.78, 5) is 5.29. The highest BCUT2D eigenvalue weighted by atomic mass is 32.1. The summed E-state index contributed by atoms with van der Waals surface area (Å²) < 4.78 is 7.37. The zero-order valence-electron chi connectivity index (χ0n) is 13.0. The standard InChI is InChI=1S/C16H23N3OS/c1-12-7-15(11-19-6-4-5-14(10-19)20-3)21-16(12)13-8-17-18(2)9-13/h7-9,14H,4-6,10-11H2,1-3H3. The molecule has 3 rings (SSSR count). The van der Waals surface area contributed by atoms with Gasteiger partial charge in [0.05, 0.1) is 12.3 Å². The third-order valence-electron chi connectivity index (χ3n) is 4.11. The minimum Gasteiger partial charge on any atom is -0.380 e. The molecule has 3 heterocycles. The van der Waals surface area contributed by atoms with Crippen LogP contribution in [0.1, 0.15) is 23.3 Å². The maximum atomic E-state index is 5.51. The fourth-order valence-electron chi connectivity index (χ4n) is 3.02. The van der Waals surface area contributed by atoms with Crippen LogP contribution in [-0.4, -0.2) is 41.0 Å². The van der Waals surface area contributed by atoms with Crippen molar-refractivity contribution in [2.45, 2.75) is 32.4 Å². The maximum absolute atomic E-state index is 5.51. The summed E-state index contributed by atoms with van der Waals surface area (Å²) in [7, 11) is 3.79. The van der Waals surface area contributed by atoms with Crippen molar-refractivity contribution in [3.63, 3.8) is 0 Å². The van der Waals surface area contributed by atoms with E-state index in [0.717, 1.165) is 13.1 Å². The van der Waals surface area contributed by atoms with Gasteiger partial charge in [-0.3, -0.25) is 9.58 Å². The van der Waals surface area contributed by atoms with Crippen molar-refractivity contribution < 1.29 is 4.74 Å². The summed E-state index contributed by atoms with van der Waals surface area (Å²) in [5, 5.41) is 4.28. The zero-order chi connectivity index (χ0) is 14.8. The van der Waals surface area contributed by atoms with Gasteiger partial charge in [0.2, 0.25) is 0 Å². The van der Waals surface area contributed by atoms with Crippen LogP contribution in [0.25, 0.3) is 10.4 Å². The van der Waals surface area contributed by atoms with Crippen molar-refractivity contribution in [3.8, 4) is 10.4 Å². The summed E-state index contributed by atoms with van der Waals surface area (Å²) in [6.07, 6.45) is 6.86. The van der Waals surface area contributed by atoms with Crippen molar-refractivity contribution in [1.82, 2.24) is 14.7 Å². The molecule has 1 fully saturated rings. The fourth-order valence-corrected chi connectivity index (χ4v) is 4.21. The molecule has 0 bridgehead atoms. The lowest BCUT2D eigenvalue weighted by Gasteiger charge is -2.31. The number of hydrogen-bond donors (Lipinski definition) is 0. The molecule has 0 aliphatic carbocycles. The number of aromatic nitrogens is 2. The van der Waals surface area contributed by atoms with Crippen LogP contribution in [0.15, 0.2) is 18.5 Å². The molecule has 0 N–H and O–H groups in total. The minimum absolute atomic E-state index is 0.401. The van der Waals surface area contributed by atoms with Crippen LogP contribution < -0.4 is 0 Å². The lowest BCUT2D eigenvalue weighted by atomic mass is 10.1. The highest BCUT2D eigenvalue weighted by Crippen LogP contribution is 2.33. The lowest BCUT2D eigenvalue weighted by molar-refractivity contribution is 0.0289. The summed E-state index contributed by atoms with van der Waals surface area (Å²) >= 11 is 1.89. The summed E-state index contributed by atoms with van der Waals surface area (Å²) in [5.74, 6) is 0. The number of methoxy groups -OCH3 is 1. The van der Waals surface area contributed by atoms with Crippen LogP contribution in [0.2, 0.25) is 0 Å². The number of rotatable bonds is 4. The van der Waals surface area contributed by atoms with Gasteiger partial charge in [0, 0.05) is 48.8 Å². The molecule has 1 atom stereocenters. The monoisotopic (exact) mass is 305 g/mol. The number of thiophene rings is 1. The molecule has 2 aromatic heterocycles. The molecule has 1 saturated heterocycles. The van der Waals surface area contributed by atoms with Crippen LogP contribution in [0.4, 0.5) is 0 Å². The largest absolute Gasteiger partial charge is 0.380 e. The van der Waals surface area contributed by atoms with E-state index in [-0.39, 0.29) is 0 Å². The van der Waals surface area contributed by atoms with Gasteiger partial charge in [-0.2, -0.15) is 5.10 Å². The van der Waals surface area contributed by atoms with Crippen molar-refractivity contribution in [2.24, 2.45) is 7.05 Å². The summed E-state index contributed by atoms with van der Waals surface area (Å²) in [6.45, 7) is 5.46. The maximum Gasteiger partial charge on any atom is 0.0698 e. The highest BCUT2D eigenvalue weighted by Gasteiger charge is 2.20. The Morgan fingerprint density at radius 1 is 1.48 bits per heavy atom. The molecule has 0 aromatic carbocycles. The fraction of sp³-hybridized carbons (Fsp3) is 0.562.